The molecular weight excluding hydrogens is 350 g/mol. The van der Waals surface area contributed by atoms with Crippen molar-refractivity contribution in [2.45, 2.75) is 30.2 Å². The fourth-order valence-electron chi connectivity index (χ4n) is 2.92. The van der Waals surface area contributed by atoms with Gasteiger partial charge in [0.15, 0.2) is 16.8 Å². The van der Waals surface area contributed by atoms with Crippen molar-refractivity contribution in [2.24, 2.45) is 11.7 Å². The number of rotatable bonds is 4. The van der Waals surface area contributed by atoms with Crippen molar-refractivity contribution in [1.82, 2.24) is 14.9 Å². The Hall–Kier alpha value is -2.16. The number of fused-ring (bicyclic) bond motifs is 1. The molecule has 1 aliphatic heterocycles. The number of aromatic nitrogens is 2. The van der Waals surface area contributed by atoms with Gasteiger partial charge in [0, 0.05) is 25.2 Å². The van der Waals surface area contributed by atoms with E-state index in [0.717, 1.165) is 18.6 Å². The molecule has 1 aromatic heterocycles. The topological polar surface area (TPSA) is 92.1 Å². The first-order chi connectivity index (χ1) is 11.8. The number of benzene rings is 1. The van der Waals surface area contributed by atoms with Gasteiger partial charge in [0.1, 0.15) is 0 Å². The normalized spacial score (nSPS) is 19.2. The molecule has 1 fully saturated rings. The Morgan fingerprint density at radius 1 is 1.40 bits per heavy atom. The summed E-state index contributed by atoms with van der Waals surface area (Å²) in [4.78, 5) is 32.6. The van der Waals surface area contributed by atoms with E-state index in [1.54, 1.807) is 11.8 Å². The van der Waals surface area contributed by atoms with E-state index in [1.165, 1.54) is 11.8 Å². The number of carbonyl (C=O) groups excluding carboxylic acids is 2. The summed E-state index contributed by atoms with van der Waals surface area (Å²) in [6, 6.07) is 2.05. The van der Waals surface area contributed by atoms with E-state index in [0.29, 0.717) is 35.7 Å². The molecule has 3 N–H and O–H groups in total. The summed E-state index contributed by atoms with van der Waals surface area (Å²) in [5.41, 5.74) is 6.01. The molecule has 1 saturated heterocycles. The van der Waals surface area contributed by atoms with Crippen LogP contribution in [0.4, 0.5) is 8.78 Å². The van der Waals surface area contributed by atoms with Gasteiger partial charge < -0.3 is 15.6 Å². The van der Waals surface area contributed by atoms with E-state index in [2.05, 4.69) is 9.97 Å². The number of likely N-dealkylation sites (tertiary alicyclic amines) is 1. The zero-order valence-electron chi connectivity index (χ0n) is 13.6. The van der Waals surface area contributed by atoms with Crippen molar-refractivity contribution >= 4 is 34.6 Å². The molecule has 2 heterocycles. The second kappa shape index (κ2) is 6.99. The fraction of sp³-hybridized carbons (Fsp3) is 0.438. The third-order valence-electron chi connectivity index (χ3n) is 4.27. The van der Waals surface area contributed by atoms with Gasteiger partial charge in [0.05, 0.1) is 22.2 Å². The van der Waals surface area contributed by atoms with E-state index in [1.807, 2.05) is 0 Å². The summed E-state index contributed by atoms with van der Waals surface area (Å²) < 4.78 is 26.5. The predicted molar refractivity (Wildman–Crippen MR) is 89.8 cm³/mol. The minimum Gasteiger partial charge on any atom is -0.369 e. The van der Waals surface area contributed by atoms with Crippen LogP contribution in [0.15, 0.2) is 17.3 Å². The summed E-state index contributed by atoms with van der Waals surface area (Å²) in [5, 5.41) is -0.0498. The largest absolute Gasteiger partial charge is 0.369 e. The smallest absolute Gasteiger partial charge is 0.235 e. The number of imidazole rings is 1. The molecule has 0 saturated carbocycles. The second-order valence-corrected chi connectivity index (χ2v) is 7.44. The SMILES string of the molecule is CC(Sc1nc2cc(F)c(F)cc2[nH]1)C(=O)N1CCCC(C(N)=O)C1. The lowest BCUT2D eigenvalue weighted by molar-refractivity contribution is -0.134. The average molecular weight is 368 g/mol. The monoisotopic (exact) mass is 368 g/mol. The molecule has 25 heavy (non-hydrogen) atoms. The molecule has 6 nitrogen and oxygen atoms in total. The zero-order valence-corrected chi connectivity index (χ0v) is 14.4. The van der Waals surface area contributed by atoms with E-state index < -0.39 is 16.9 Å². The van der Waals surface area contributed by atoms with Gasteiger partial charge in [0.2, 0.25) is 11.8 Å². The highest BCUT2D eigenvalue weighted by atomic mass is 32.2. The van der Waals surface area contributed by atoms with Crippen LogP contribution >= 0.6 is 11.8 Å². The number of thioether (sulfide) groups is 1. The lowest BCUT2D eigenvalue weighted by Gasteiger charge is -2.32. The molecule has 2 amide bonds. The van der Waals surface area contributed by atoms with Crippen LogP contribution in [-0.2, 0) is 9.59 Å². The number of nitrogens with zero attached hydrogens (tertiary/aromatic N) is 2. The second-order valence-electron chi connectivity index (χ2n) is 6.11. The average Bonchev–Trinajstić information content (AvgIpc) is 2.95. The minimum atomic E-state index is -0.967. The molecule has 3 rings (SSSR count). The van der Waals surface area contributed by atoms with Gasteiger partial charge in [-0.15, -0.1) is 0 Å². The Morgan fingerprint density at radius 2 is 2.12 bits per heavy atom. The highest BCUT2D eigenvalue weighted by Crippen LogP contribution is 2.27. The van der Waals surface area contributed by atoms with Crippen LogP contribution in [-0.4, -0.2) is 45.0 Å². The lowest BCUT2D eigenvalue weighted by atomic mass is 9.97. The van der Waals surface area contributed by atoms with Crippen molar-refractivity contribution in [3.05, 3.63) is 23.8 Å². The van der Waals surface area contributed by atoms with Crippen molar-refractivity contribution in [3.8, 4) is 0 Å². The molecule has 0 radical (unpaired) electrons. The Labute approximate surface area is 147 Å². The minimum absolute atomic E-state index is 0.117. The molecule has 2 unspecified atom stereocenters. The quantitative estimate of drug-likeness (QED) is 0.808. The van der Waals surface area contributed by atoms with Crippen LogP contribution in [0, 0.1) is 17.6 Å². The molecule has 1 aromatic carbocycles. The van der Waals surface area contributed by atoms with Crippen molar-refractivity contribution in [2.75, 3.05) is 13.1 Å². The third-order valence-corrected chi connectivity index (χ3v) is 5.25. The number of hydrogen-bond donors (Lipinski definition) is 2. The van der Waals surface area contributed by atoms with Crippen LogP contribution in [0.3, 0.4) is 0 Å². The number of nitrogens with two attached hydrogens (primary N) is 1. The van der Waals surface area contributed by atoms with E-state index in [-0.39, 0.29) is 17.7 Å². The number of piperidine rings is 1. The summed E-state index contributed by atoms with van der Waals surface area (Å²) in [6.45, 7) is 2.65. The zero-order chi connectivity index (χ0) is 18.1. The summed E-state index contributed by atoms with van der Waals surface area (Å²) >= 11 is 1.17. The maximum atomic E-state index is 13.3. The molecule has 0 spiro atoms. The highest BCUT2D eigenvalue weighted by molar-refractivity contribution is 8.00. The number of amides is 2. The molecule has 9 heteroatoms. The molecule has 2 aromatic rings. The Bertz CT molecular complexity index is 787. The number of halogens is 2. The third kappa shape index (κ3) is 3.76. The maximum Gasteiger partial charge on any atom is 0.235 e. The highest BCUT2D eigenvalue weighted by Gasteiger charge is 2.30. The van der Waals surface area contributed by atoms with Crippen LogP contribution in [0.1, 0.15) is 19.8 Å². The first kappa shape index (κ1) is 17.7. The number of aromatic amines is 1. The molecule has 0 bridgehead atoms. The summed E-state index contributed by atoms with van der Waals surface area (Å²) in [7, 11) is 0. The number of hydrogen-bond acceptors (Lipinski definition) is 4. The molecule has 134 valence electrons. The van der Waals surface area contributed by atoms with Gasteiger partial charge >= 0.3 is 0 Å². The van der Waals surface area contributed by atoms with Gasteiger partial charge in [0.25, 0.3) is 0 Å². The summed E-state index contributed by atoms with van der Waals surface area (Å²) in [6.07, 6.45) is 1.43. The number of H-pyrrole nitrogens is 1. The van der Waals surface area contributed by atoms with E-state index in [4.69, 9.17) is 5.73 Å². The molecule has 0 aliphatic carbocycles. The van der Waals surface area contributed by atoms with Crippen LogP contribution in [0.25, 0.3) is 11.0 Å². The summed E-state index contributed by atoms with van der Waals surface area (Å²) in [5.74, 6) is -2.74. The first-order valence-corrected chi connectivity index (χ1v) is 8.82. The predicted octanol–water partition coefficient (Wildman–Crippen LogP) is 2.05. The van der Waals surface area contributed by atoms with Crippen LogP contribution < -0.4 is 5.73 Å². The van der Waals surface area contributed by atoms with E-state index >= 15 is 0 Å². The van der Waals surface area contributed by atoms with Crippen LogP contribution in [0.5, 0.6) is 0 Å². The maximum absolute atomic E-state index is 13.3. The lowest BCUT2D eigenvalue weighted by Crippen LogP contribution is -2.46. The number of carbonyl (C=O) groups is 2. The van der Waals surface area contributed by atoms with Gasteiger partial charge in [-0.1, -0.05) is 11.8 Å². The standard InChI is InChI=1S/C16H18F2N4O2S/c1-8(15(24)22-4-2-3-9(7-22)14(19)23)25-16-20-12-5-10(17)11(18)6-13(12)21-16/h5-6,8-9H,2-4,7H2,1H3,(H2,19,23)(H,20,21). The van der Waals surface area contributed by atoms with Gasteiger partial charge in [-0.05, 0) is 19.8 Å². The first-order valence-electron chi connectivity index (χ1n) is 7.94. The fourth-order valence-corrected chi connectivity index (χ4v) is 3.83. The van der Waals surface area contributed by atoms with Crippen molar-refractivity contribution in [1.29, 1.82) is 0 Å². The van der Waals surface area contributed by atoms with Gasteiger partial charge in [-0.3, -0.25) is 9.59 Å². The molecular formula is C16H18F2N4O2S. The Morgan fingerprint density at radius 3 is 2.84 bits per heavy atom. The molecule has 1 aliphatic rings. The number of primary amides is 1. The Balaban J connectivity index is 1.70. The van der Waals surface area contributed by atoms with Gasteiger partial charge in [-0.2, -0.15) is 0 Å². The Kier molecular flexibility index (Phi) is 4.94. The van der Waals surface area contributed by atoms with Gasteiger partial charge in [-0.25, -0.2) is 13.8 Å². The molecule has 2 atom stereocenters. The number of nitrogens with one attached hydrogen (secondary N) is 1. The van der Waals surface area contributed by atoms with E-state index in [9.17, 15) is 18.4 Å². The van der Waals surface area contributed by atoms with Crippen molar-refractivity contribution in [3.63, 3.8) is 0 Å². The van der Waals surface area contributed by atoms with Crippen LogP contribution in [0.2, 0.25) is 0 Å². The van der Waals surface area contributed by atoms with Crippen molar-refractivity contribution < 1.29 is 18.4 Å².